The largest absolute Gasteiger partial charge is 0.325 e. The summed E-state index contributed by atoms with van der Waals surface area (Å²) in [6.07, 6.45) is 4.79. The van der Waals surface area contributed by atoms with Gasteiger partial charge in [-0.3, -0.25) is 19.8 Å². The average molecular weight is 313 g/mol. The van der Waals surface area contributed by atoms with Crippen LogP contribution in [-0.2, 0) is 5.75 Å². The maximum Gasteiger partial charge on any atom is 0.288 e. The van der Waals surface area contributed by atoms with Crippen LogP contribution in [0.25, 0.3) is 0 Å². The lowest BCUT2D eigenvalue weighted by molar-refractivity contribution is -0.384. The van der Waals surface area contributed by atoms with Gasteiger partial charge < -0.3 is 5.43 Å². The number of pyridine rings is 1. The molecule has 0 aliphatic heterocycles. The maximum atomic E-state index is 10.5. The second kappa shape index (κ2) is 7.16. The standard InChI is InChI=1S/C12H13ClN4O2S/c13-11-2-1-4-14-12(11)9-20-7-5-15-16-6-3-10(8-16)17(18)19/h1-4,6,8,15H,5,7,9H2. The first-order valence-electron chi connectivity index (χ1n) is 5.90. The number of hydrogen-bond donors (Lipinski definition) is 1. The van der Waals surface area contributed by atoms with Crippen LogP contribution in [0.4, 0.5) is 5.69 Å². The van der Waals surface area contributed by atoms with Gasteiger partial charge in [-0.25, -0.2) is 0 Å². The Hall–Kier alpha value is -1.73. The summed E-state index contributed by atoms with van der Waals surface area (Å²) in [6.45, 7) is 0.695. The molecule has 20 heavy (non-hydrogen) atoms. The smallest absolute Gasteiger partial charge is 0.288 e. The highest BCUT2D eigenvalue weighted by Gasteiger charge is 2.06. The number of halogens is 1. The molecule has 0 atom stereocenters. The Morgan fingerprint density at radius 1 is 1.50 bits per heavy atom. The normalized spacial score (nSPS) is 10.4. The molecule has 0 radical (unpaired) electrons. The summed E-state index contributed by atoms with van der Waals surface area (Å²) in [5.41, 5.74) is 4.00. The Labute approximate surface area is 125 Å². The maximum absolute atomic E-state index is 10.5. The van der Waals surface area contributed by atoms with Crippen molar-refractivity contribution in [2.45, 2.75) is 5.75 Å². The third-order valence-electron chi connectivity index (χ3n) is 2.50. The molecule has 2 rings (SSSR count). The molecular weight excluding hydrogens is 300 g/mol. The van der Waals surface area contributed by atoms with E-state index in [1.807, 2.05) is 6.07 Å². The minimum absolute atomic E-state index is 0.0745. The molecule has 0 aliphatic rings. The summed E-state index contributed by atoms with van der Waals surface area (Å²) in [7, 11) is 0. The minimum Gasteiger partial charge on any atom is -0.325 e. The predicted octanol–water partition coefficient (Wildman–Crippen LogP) is 2.92. The fourth-order valence-electron chi connectivity index (χ4n) is 1.53. The van der Waals surface area contributed by atoms with E-state index in [1.165, 1.54) is 12.3 Å². The molecular formula is C12H13ClN4O2S. The van der Waals surface area contributed by atoms with Gasteiger partial charge in [0.15, 0.2) is 0 Å². The zero-order valence-electron chi connectivity index (χ0n) is 10.5. The van der Waals surface area contributed by atoms with E-state index in [2.05, 4.69) is 10.4 Å². The number of thioether (sulfide) groups is 1. The van der Waals surface area contributed by atoms with Gasteiger partial charge in [-0.05, 0) is 12.1 Å². The Morgan fingerprint density at radius 3 is 3.05 bits per heavy atom. The van der Waals surface area contributed by atoms with Gasteiger partial charge in [-0.15, -0.1) is 0 Å². The number of nitrogens with one attached hydrogen (secondary N) is 1. The van der Waals surface area contributed by atoms with Crippen LogP contribution in [-0.4, -0.2) is 26.9 Å². The van der Waals surface area contributed by atoms with E-state index in [0.717, 1.165) is 17.2 Å². The minimum atomic E-state index is -0.421. The van der Waals surface area contributed by atoms with Crippen molar-refractivity contribution >= 4 is 29.1 Å². The van der Waals surface area contributed by atoms with Crippen LogP contribution in [0, 0.1) is 10.1 Å². The molecule has 0 saturated carbocycles. The molecule has 0 bridgehead atoms. The molecule has 2 aromatic heterocycles. The highest BCUT2D eigenvalue weighted by Crippen LogP contribution is 2.18. The van der Waals surface area contributed by atoms with Crippen LogP contribution in [0.1, 0.15) is 5.69 Å². The number of aromatic nitrogens is 2. The van der Waals surface area contributed by atoms with Crippen LogP contribution < -0.4 is 5.43 Å². The van der Waals surface area contributed by atoms with Crippen molar-refractivity contribution in [2.24, 2.45) is 0 Å². The van der Waals surface area contributed by atoms with Crippen LogP contribution in [0.2, 0.25) is 5.02 Å². The average Bonchev–Trinajstić information content (AvgIpc) is 2.89. The zero-order valence-corrected chi connectivity index (χ0v) is 12.1. The molecule has 0 aromatic carbocycles. The quantitative estimate of drug-likeness (QED) is 0.483. The molecule has 0 aliphatic carbocycles. The predicted molar refractivity (Wildman–Crippen MR) is 80.7 cm³/mol. The fraction of sp³-hybridized carbons (Fsp3) is 0.250. The molecule has 8 heteroatoms. The van der Waals surface area contributed by atoms with Crippen LogP contribution in [0.5, 0.6) is 0 Å². The number of hydrogen-bond acceptors (Lipinski definition) is 5. The van der Waals surface area contributed by atoms with Gasteiger partial charge in [-0.2, -0.15) is 11.8 Å². The van der Waals surface area contributed by atoms with E-state index in [4.69, 9.17) is 11.6 Å². The molecule has 0 saturated heterocycles. The fourth-order valence-corrected chi connectivity index (χ4v) is 2.60. The Bertz CT molecular complexity index is 590. The lowest BCUT2D eigenvalue weighted by atomic mass is 10.4. The van der Waals surface area contributed by atoms with E-state index in [1.54, 1.807) is 34.9 Å². The summed E-state index contributed by atoms with van der Waals surface area (Å²) in [6, 6.07) is 5.08. The Morgan fingerprint density at radius 2 is 2.35 bits per heavy atom. The lowest BCUT2D eigenvalue weighted by Crippen LogP contribution is -2.15. The highest BCUT2D eigenvalue weighted by atomic mass is 35.5. The summed E-state index contributed by atoms with van der Waals surface area (Å²) in [4.78, 5) is 14.3. The van der Waals surface area contributed by atoms with Gasteiger partial charge in [0.05, 0.1) is 15.6 Å². The zero-order chi connectivity index (χ0) is 14.4. The van der Waals surface area contributed by atoms with E-state index >= 15 is 0 Å². The van der Waals surface area contributed by atoms with Crippen molar-refractivity contribution in [3.8, 4) is 0 Å². The van der Waals surface area contributed by atoms with Crippen molar-refractivity contribution in [2.75, 3.05) is 17.7 Å². The van der Waals surface area contributed by atoms with Crippen molar-refractivity contribution in [1.29, 1.82) is 0 Å². The third-order valence-corrected chi connectivity index (χ3v) is 3.82. The number of rotatable bonds is 7. The van der Waals surface area contributed by atoms with E-state index in [9.17, 15) is 10.1 Å². The SMILES string of the molecule is O=[N+]([O-])c1ccn(NCCSCc2ncccc2Cl)c1. The molecule has 0 spiro atoms. The number of nitrogens with zero attached hydrogens (tertiary/aromatic N) is 3. The van der Waals surface area contributed by atoms with Crippen LogP contribution >= 0.6 is 23.4 Å². The Balaban J connectivity index is 1.69. The topological polar surface area (TPSA) is 73.0 Å². The monoisotopic (exact) mass is 312 g/mol. The van der Waals surface area contributed by atoms with Crippen molar-refractivity contribution in [3.63, 3.8) is 0 Å². The molecule has 6 nitrogen and oxygen atoms in total. The molecule has 106 valence electrons. The summed E-state index contributed by atoms with van der Waals surface area (Å²) in [5.74, 6) is 1.59. The highest BCUT2D eigenvalue weighted by molar-refractivity contribution is 7.98. The summed E-state index contributed by atoms with van der Waals surface area (Å²) in [5, 5.41) is 11.2. The lowest BCUT2D eigenvalue weighted by Gasteiger charge is -2.07. The molecule has 0 amide bonds. The molecule has 2 aromatic rings. The summed E-state index contributed by atoms with van der Waals surface area (Å²) >= 11 is 7.70. The van der Waals surface area contributed by atoms with Crippen molar-refractivity contribution in [1.82, 2.24) is 9.66 Å². The first kappa shape index (κ1) is 14.7. The molecule has 0 fully saturated rings. The first-order chi connectivity index (χ1) is 9.66. The molecule has 2 heterocycles. The van der Waals surface area contributed by atoms with Crippen LogP contribution in [0.15, 0.2) is 36.8 Å². The second-order valence-corrected chi connectivity index (χ2v) is 5.44. The van der Waals surface area contributed by atoms with Gasteiger partial charge in [0, 0.05) is 36.5 Å². The van der Waals surface area contributed by atoms with E-state index in [0.29, 0.717) is 11.6 Å². The molecule has 1 N–H and O–H groups in total. The van der Waals surface area contributed by atoms with Gasteiger partial charge >= 0.3 is 0 Å². The Kier molecular flexibility index (Phi) is 5.25. The van der Waals surface area contributed by atoms with E-state index < -0.39 is 4.92 Å². The van der Waals surface area contributed by atoms with E-state index in [-0.39, 0.29) is 5.69 Å². The first-order valence-corrected chi connectivity index (χ1v) is 7.43. The molecule has 0 unspecified atom stereocenters. The van der Waals surface area contributed by atoms with Gasteiger partial charge in [0.1, 0.15) is 6.20 Å². The number of nitro groups is 1. The summed E-state index contributed by atoms with van der Waals surface area (Å²) < 4.78 is 1.59. The van der Waals surface area contributed by atoms with Crippen LogP contribution in [0.3, 0.4) is 0 Å². The van der Waals surface area contributed by atoms with Gasteiger partial charge in [0.2, 0.25) is 0 Å². The second-order valence-electron chi connectivity index (χ2n) is 3.93. The van der Waals surface area contributed by atoms with Crippen molar-refractivity contribution in [3.05, 3.63) is 57.6 Å². The van der Waals surface area contributed by atoms with Gasteiger partial charge in [-0.1, -0.05) is 11.6 Å². The van der Waals surface area contributed by atoms with Gasteiger partial charge in [0.25, 0.3) is 5.69 Å². The van der Waals surface area contributed by atoms with Crippen molar-refractivity contribution < 1.29 is 4.92 Å². The third kappa shape index (κ3) is 4.14.